The molecule has 10 heteroatoms. The van der Waals surface area contributed by atoms with E-state index in [2.05, 4.69) is 30.4 Å². The predicted molar refractivity (Wildman–Crippen MR) is 66.1 cm³/mol. The van der Waals surface area contributed by atoms with Crippen molar-refractivity contribution in [3.63, 3.8) is 0 Å². The van der Waals surface area contributed by atoms with Gasteiger partial charge in [-0.15, -0.1) is 20.4 Å². The molecule has 0 saturated heterocycles. The number of carbonyl (C=O) groups excluding carboxylic acids is 2. The Morgan fingerprint density at radius 2 is 2.00 bits per heavy atom. The third-order valence-corrected chi connectivity index (χ3v) is 1.95. The summed E-state index contributed by atoms with van der Waals surface area (Å²) in [5.74, 6) is 0.382. The molecule has 0 aliphatic rings. The number of primary amides is 1. The lowest BCUT2D eigenvalue weighted by Gasteiger charge is -2.09. The van der Waals surface area contributed by atoms with Crippen LogP contribution in [0.2, 0.25) is 0 Å². The van der Waals surface area contributed by atoms with Gasteiger partial charge < -0.3 is 20.5 Å². The van der Waals surface area contributed by atoms with Gasteiger partial charge in [-0.2, -0.15) is 0 Å². The van der Waals surface area contributed by atoms with E-state index in [-0.39, 0.29) is 18.3 Å². The molecule has 0 aliphatic carbocycles. The van der Waals surface area contributed by atoms with Gasteiger partial charge in [0, 0.05) is 7.05 Å². The summed E-state index contributed by atoms with van der Waals surface area (Å²) in [7, 11) is 1.44. The molecule has 20 heavy (non-hydrogen) atoms. The molecule has 0 radical (unpaired) electrons. The van der Waals surface area contributed by atoms with E-state index in [4.69, 9.17) is 10.5 Å². The van der Waals surface area contributed by atoms with Gasteiger partial charge in [0.1, 0.15) is 6.61 Å². The molecule has 0 bridgehead atoms. The maximum atomic E-state index is 11.0. The summed E-state index contributed by atoms with van der Waals surface area (Å²) < 4.78 is 9.38. The van der Waals surface area contributed by atoms with Crippen LogP contribution in [0.25, 0.3) is 6.08 Å². The van der Waals surface area contributed by atoms with Crippen LogP contribution < -0.4 is 11.1 Å². The SMILES string of the molecule is CNC(=O)OC(C)c1nnc(/C=C\COC(N)=O)nn1. The summed E-state index contributed by atoms with van der Waals surface area (Å²) in [6.45, 7) is 1.58. The summed E-state index contributed by atoms with van der Waals surface area (Å²) in [5, 5.41) is 17.3. The minimum atomic E-state index is -0.873. The number of amides is 2. The zero-order chi connectivity index (χ0) is 15.0. The molecule has 1 aromatic heterocycles. The number of ether oxygens (including phenoxy) is 2. The molecule has 1 rings (SSSR count). The number of aromatic nitrogens is 4. The van der Waals surface area contributed by atoms with E-state index in [1.54, 1.807) is 6.92 Å². The monoisotopic (exact) mass is 282 g/mol. The number of nitrogens with zero attached hydrogens (tertiary/aromatic N) is 4. The van der Waals surface area contributed by atoms with Crippen LogP contribution in [0.15, 0.2) is 6.08 Å². The second-order valence-electron chi connectivity index (χ2n) is 3.45. The van der Waals surface area contributed by atoms with Crippen molar-refractivity contribution in [3.05, 3.63) is 17.7 Å². The minimum absolute atomic E-state index is 0.00334. The second kappa shape index (κ2) is 7.61. The predicted octanol–water partition coefficient (Wildman–Crippen LogP) is -0.208. The highest BCUT2D eigenvalue weighted by Crippen LogP contribution is 2.09. The standard InChI is InChI=1S/C10H14N6O4/c1-6(20-10(18)12-2)8-15-13-7(14-16-8)4-3-5-19-9(11)17/h3-4,6H,5H2,1-2H3,(H2,11,17)(H,12,18)/b4-3-. The fourth-order valence-electron chi connectivity index (χ4n) is 1.03. The van der Waals surface area contributed by atoms with Crippen LogP contribution in [0.3, 0.4) is 0 Å². The Balaban J connectivity index is 2.55. The average molecular weight is 282 g/mol. The van der Waals surface area contributed by atoms with Crippen molar-refractivity contribution in [2.75, 3.05) is 13.7 Å². The summed E-state index contributed by atoms with van der Waals surface area (Å²) in [6.07, 6.45) is 0.784. The molecule has 108 valence electrons. The molecule has 0 aromatic carbocycles. The number of hydrogen-bond acceptors (Lipinski definition) is 8. The highest BCUT2D eigenvalue weighted by molar-refractivity contribution is 5.66. The van der Waals surface area contributed by atoms with Gasteiger partial charge in [0.05, 0.1) is 0 Å². The van der Waals surface area contributed by atoms with Gasteiger partial charge in [0.15, 0.2) is 11.9 Å². The smallest absolute Gasteiger partial charge is 0.407 e. The lowest BCUT2D eigenvalue weighted by Crippen LogP contribution is -2.22. The van der Waals surface area contributed by atoms with E-state index in [0.29, 0.717) is 0 Å². The summed E-state index contributed by atoms with van der Waals surface area (Å²) in [4.78, 5) is 21.3. The van der Waals surface area contributed by atoms with E-state index in [9.17, 15) is 9.59 Å². The first-order chi connectivity index (χ1) is 9.52. The van der Waals surface area contributed by atoms with Gasteiger partial charge in [-0.3, -0.25) is 0 Å². The van der Waals surface area contributed by atoms with Crippen molar-refractivity contribution in [3.8, 4) is 0 Å². The Hall–Kier alpha value is -2.78. The van der Waals surface area contributed by atoms with Crippen LogP contribution >= 0.6 is 0 Å². The van der Waals surface area contributed by atoms with Gasteiger partial charge in [-0.25, -0.2) is 9.59 Å². The van der Waals surface area contributed by atoms with Crippen LogP contribution in [0.5, 0.6) is 0 Å². The van der Waals surface area contributed by atoms with Crippen molar-refractivity contribution < 1.29 is 19.1 Å². The molecule has 1 unspecified atom stereocenters. The molecule has 1 aromatic rings. The number of carbonyl (C=O) groups is 2. The topological polar surface area (TPSA) is 142 Å². The molecule has 2 amide bonds. The largest absolute Gasteiger partial charge is 0.445 e. The van der Waals surface area contributed by atoms with E-state index in [0.717, 1.165) is 0 Å². The lowest BCUT2D eigenvalue weighted by atomic mass is 10.4. The number of nitrogens with two attached hydrogens (primary N) is 1. The van der Waals surface area contributed by atoms with Crippen molar-refractivity contribution in [2.24, 2.45) is 5.73 Å². The molecule has 0 spiro atoms. The van der Waals surface area contributed by atoms with Crippen LogP contribution in [0.1, 0.15) is 24.7 Å². The van der Waals surface area contributed by atoms with Crippen LogP contribution in [0.4, 0.5) is 9.59 Å². The Bertz CT molecular complexity index is 489. The number of alkyl carbamates (subject to hydrolysis) is 1. The summed E-state index contributed by atoms with van der Waals surface area (Å²) in [6, 6.07) is 0. The third kappa shape index (κ3) is 5.25. The Morgan fingerprint density at radius 1 is 1.35 bits per heavy atom. The van der Waals surface area contributed by atoms with E-state index in [1.807, 2.05) is 0 Å². The van der Waals surface area contributed by atoms with Crippen molar-refractivity contribution in [1.82, 2.24) is 25.7 Å². The van der Waals surface area contributed by atoms with Crippen molar-refractivity contribution in [1.29, 1.82) is 0 Å². The zero-order valence-corrected chi connectivity index (χ0v) is 10.9. The highest BCUT2D eigenvalue weighted by Gasteiger charge is 2.14. The average Bonchev–Trinajstić information content (AvgIpc) is 2.43. The first-order valence-electron chi connectivity index (χ1n) is 5.57. The molecule has 1 heterocycles. The summed E-state index contributed by atoms with van der Waals surface area (Å²) in [5.41, 5.74) is 4.78. The lowest BCUT2D eigenvalue weighted by molar-refractivity contribution is 0.103. The molecule has 3 N–H and O–H groups in total. The van der Waals surface area contributed by atoms with Gasteiger partial charge in [-0.1, -0.05) is 0 Å². The molecular weight excluding hydrogens is 268 g/mol. The fourth-order valence-corrected chi connectivity index (χ4v) is 1.03. The van der Waals surface area contributed by atoms with Crippen molar-refractivity contribution in [2.45, 2.75) is 13.0 Å². The summed E-state index contributed by atoms with van der Waals surface area (Å²) >= 11 is 0. The number of hydrogen-bond donors (Lipinski definition) is 2. The molecular formula is C10H14N6O4. The zero-order valence-electron chi connectivity index (χ0n) is 10.9. The van der Waals surface area contributed by atoms with Gasteiger partial charge in [0.25, 0.3) is 0 Å². The molecule has 1 atom stereocenters. The van der Waals surface area contributed by atoms with Crippen molar-refractivity contribution >= 4 is 18.3 Å². The first-order valence-corrected chi connectivity index (χ1v) is 5.57. The number of rotatable bonds is 5. The second-order valence-corrected chi connectivity index (χ2v) is 3.45. The first kappa shape index (κ1) is 15.3. The van der Waals surface area contributed by atoms with Gasteiger partial charge >= 0.3 is 12.2 Å². The maximum absolute atomic E-state index is 11.0. The quantitative estimate of drug-likeness (QED) is 0.755. The van der Waals surface area contributed by atoms with E-state index >= 15 is 0 Å². The molecule has 0 fully saturated rings. The maximum Gasteiger partial charge on any atom is 0.407 e. The van der Waals surface area contributed by atoms with Crippen LogP contribution in [-0.4, -0.2) is 46.2 Å². The number of nitrogens with one attached hydrogen (secondary N) is 1. The molecule has 0 aliphatic heterocycles. The van der Waals surface area contributed by atoms with E-state index < -0.39 is 18.3 Å². The van der Waals surface area contributed by atoms with E-state index in [1.165, 1.54) is 19.2 Å². The highest BCUT2D eigenvalue weighted by atomic mass is 16.6. The van der Waals surface area contributed by atoms with Gasteiger partial charge in [-0.05, 0) is 19.1 Å². The minimum Gasteiger partial charge on any atom is -0.445 e. The third-order valence-electron chi connectivity index (χ3n) is 1.95. The Morgan fingerprint density at radius 3 is 2.55 bits per heavy atom. The molecule has 0 saturated carbocycles. The molecule has 10 nitrogen and oxygen atoms in total. The Kier molecular flexibility index (Phi) is 5.81. The fraction of sp³-hybridized carbons (Fsp3) is 0.400. The Labute approximate surface area is 114 Å². The van der Waals surface area contributed by atoms with Gasteiger partial charge in [0.2, 0.25) is 5.82 Å². The van der Waals surface area contributed by atoms with Crippen LogP contribution in [0, 0.1) is 0 Å². The van der Waals surface area contributed by atoms with Crippen LogP contribution in [-0.2, 0) is 9.47 Å². The normalized spacial score (nSPS) is 11.9.